The number of allylic oxidation sites excluding steroid dienone is 8. The van der Waals surface area contributed by atoms with Crippen LogP contribution in [0.3, 0.4) is 0 Å². The Morgan fingerprint density at radius 3 is 0.800 bits per heavy atom. The van der Waals surface area contributed by atoms with E-state index in [1.54, 1.807) is 0 Å². The Hall–Kier alpha value is -2.60. The van der Waals surface area contributed by atoms with Gasteiger partial charge in [-0.25, -0.2) is 84.0 Å². The Balaban J connectivity index is 0.000000602. The van der Waals surface area contributed by atoms with E-state index in [9.17, 15) is 69.8 Å². The molecule has 0 N–H and O–H groups in total. The van der Waals surface area contributed by atoms with Crippen LogP contribution in [-0.2, 0) is 46.4 Å². The third kappa shape index (κ3) is 11.3. The molecular formula is C26H18F10O6S2Zr. The summed E-state index contributed by atoms with van der Waals surface area (Å²) in [6.45, 7) is 8.37. The maximum Gasteiger partial charge on any atom is 4.00 e. The van der Waals surface area contributed by atoms with Crippen LogP contribution in [0.25, 0.3) is 0 Å². The summed E-state index contributed by atoms with van der Waals surface area (Å²) in [6, 6.07) is 0. The van der Waals surface area contributed by atoms with Crippen LogP contribution in [0.4, 0.5) is 43.9 Å². The zero-order chi connectivity index (χ0) is 34.5. The van der Waals surface area contributed by atoms with Gasteiger partial charge in [-0.1, -0.05) is 40.5 Å². The Bertz CT molecular complexity index is 1610. The molecule has 2 aliphatic carbocycles. The summed E-state index contributed by atoms with van der Waals surface area (Å²) in [5.41, 5.74) is 5.30. The second kappa shape index (κ2) is 16.8. The molecule has 0 atom stereocenters. The fraction of sp³-hybridized carbons (Fsp3) is 0.231. The Morgan fingerprint density at radius 1 is 0.489 bits per heavy atom. The molecule has 6 nitrogen and oxygen atoms in total. The van der Waals surface area contributed by atoms with E-state index in [1.807, 2.05) is 0 Å². The van der Waals surface area contributed by atoms with Gasteiger partial charge in [0.05, 0.1) is 0 Å². The molecule has 244 valence electrons. The van der Waals surface area contributed by atoms with E-state index in [2.05, 4.69) is 52.0 Å². The molecule has 2 aromatic carbocycles. The van der Waals surface area contributed by atoms with Gasteiger partial charge in [0.25, 0.3) is 0 Å². The SMILES string of the molecule is CC1=[C-]C(C)=CC1.CC1=[C-]C(C)=CC1.O=S(=O)([O-])c1c(F)c(F)c(F)c(F)c1F.O=S(=O)([O-])c1c(F)c(F)c(F)c(F)c1F.[Zr+4]. The topological polar surface area (TPSA) is 114 Å². The van der Waals surface area contributed by atoms with Crippen molar-refractivity contribution in [3.8, 4) is 0 Å². The van der Waals surface area contributed by atoms with Gasteiger partial charge in [0.1, 0.15) is 30.0 Å². The molecule has 0 aromatic heterocycles. The molecule has 0 unspecified atom stereocenters. The molecule has 0 aliphatic heterocycles. The minimum atomic E-state index is -5.77. The molecule has 0 saturated heterocycles. The Labute approximate surface area is 270 Å². The molecule has 0 heterocycles. The Morgan fingerprint density at radius 2 is 0.689 bits per heavy atom. The number of hydrogen-bond donors (Lipinski definition) is 0. The van der Waals surface area contributed by atoms with Gasteiger partial charge in [0.2, 0.25) is 11.6 Å². The van der Waals surface area contributed by atoms with Crippen LogP contribution in [0, 0.1) is 70.3 Å². The van der Waals surface area contributed by atoms with E-state index in [1.165, 1.54) is 22.3 Å². The summed E-state index contributed by atoms with van der Waals surface area (Å²) in [6.07, 6.45) is 13.0. The molecule has 0 bridgehead atoms. The second-order valence-electron chi connectivity index (χ2n) is 8.70. The molecule has 0 saturated carbocycles. The maximum absolute atomic E-state index is 12.6. The van der Waals surface area contributed by atoms with E-state index < -0.39 is 88.2 Å². The van der Waals surface area contributed by atoms with E-state index in [0.29, 0.717) is 0 Å². The van der Waals surface area contributed by atoms with Crippen molar-refractivity contribution in [2.45, 2.75) is 50.3 Å². The minimum absolute atomic E-state index is 0. The van der Waals surface area contributed by atoms with E-state index >= 15 is 0 Å². The van der Waals surface area contributed by atoms with Crippen molar-refractivity contribution in [2.75, 3.05) is 0 Å². The molecule has 19 heteroatoms. The van der Waals surface area contributed by atoms with Crippen LogP contribution in [0.5, 0.6) is 0 Å². The monoisotopic (exact) mass is 770 g/mol. The molecule has 4 rings (SSSR count). The standard InChI is InChI=1S/2C7H9.2C6HF5O3S.Zr/c2*1-6-3-4-7(2)5-6;2*7-1-2(8)4(10)6(15(12,13)14)5(11)3(1)9;/h2*3H,4H2,1-2H3;2*(H,12,13,14);/q2*-1;;;+4/p-2. The average Bonchev–Trinajstić information content (AvgIpc) is 3.48. The Kier molecular flexibility index (Phi) is 15.8. The molecule has 2 aromatic rings. The smallest absolute Gasteiger partial charge is 0.744 e. The van der Waals surface area contributed by atoms with Crippen LogP contribution in [-0.4, -0.2) is 25.9 Å². The summed E-state index contributed by atoms with van der Waals surface area (Å²) in [5, 5.41) is 0. The van der Waals surface area contributed by atoms with Crippen molar-refractivity contribution in [1.82, 2.24) is 0 Å². The fourth-order valence-electron chi connectivity index (χ4n) is 3.10. The molecule has 0 radical (unpaired) electrons. The maximum atomic E-state index is 12.6. The first-order chi connectivity index (χ1) is 19.9. The van der Waals surface area contributed by atoms with Crippen LogP contribution >= 0.6 is 0 Å². The fourth-order valence-corrected chi connectivity index (χ4v) is 4.33. The van der Waals surface area contributed by atoms with Crippen LogP contribution in [0.1, 0.15) is 40.5 Å². The molecule has 45 heavy (non-hydrogen) atoms. The predicted molar refractivity (Wildman–Crippen MR) is 130 cm³/mol. The summed E-state index contributed by atoms with van der Waals surface area (Å²) < 4.78 is 186. The third-order valence-corrected chi connectivity index (χ3v) is 6.81. The van der Waals surface area contributed by atoms with Crippen molar-refractivity contribution in [3.05, 3.63) is 105 Å². The van der Waals surface area contributed by atoms with Crippen molar-refractivity contribution in [2.24, 2.45) is 0 Å². The quantitative estimate of drug-likeness (QED) is 0.110. The third-order valence-electron chi connectivity index (χ3n) is 5.09. The normalized spacial score (nSPS) is 13.9. The van der Waals surface area contributed by atoms with Gasteiger partial charge in [-0.2, -0.15) is 11.1 Å². The van der Waals surface area contributed by atoms with Gasteiger partial charge in [0, 0.05) is 0 Å². The van der Waals surface area contributed by atoms with Crippen molar-refractivity contribution < 1.29 is 96.0 Å². The summed E-state index contributed by atoms with van der Waals surface area (Å²) >= 11 is 0. The van der Waals surface area contributed by atoms with E-state index in [-0.39, 0.29) is 26.2 Å². The summed E-state index contributed by atoms with van der Waals surface area (Å²) in [5.74, 6) is -25.7. The number of benzene rings is 2. The van der Waals surface area contributed by atoms with Gasteiger partial charge in [-0.05, 0) is 0 Å². The molecule has 2 aliphatic rings. The largest absolute Gasteiger partial charge is 4.00 e. The van der Waals surface area contributed by atoms with Gasteiger partial charge in [-0.3, -0.25) is 12.2 Å². The van der Waals surface area contributed by atoms with Crippen LogP contribution in [0.2, 0.25) is 0 Å². The molecule has 0 fully saturated rings. The van der Waals surface area contributed by atoms with Gasteiger partial charge < -0.3 is 9.11 Å². The molecule has 0 amide bonds. The van der Waals surface area contributed by atoms with Crippen LogP contribution < -0.4 is 0 Å². The first kappa shape index (κ1) is 42.4. The average molecular weight is 772 g/mol. The molecule has 0 spiro atoms. The zero-order valence-electron chi connectivity index (χ0n) is 23.1. The second-order valence-corrected chi connectivity index (χ2v) is 11.3. The summed E-state index contributed by atoms with van der Waals surface area (Å²) in [4.78, 5) is -4.75. The number of rotatable bonds is 2. The van der Waals surface area contributed by atoms with Crippen LogP contribution in [0.15, 0.2) is 44.2 Å². The zero-order valence-corrected chi connectivity index (χ0v) is 27.2. The summed E-state index contributed by atoms with van der Waals surface area (Å²) in [7, 11) is -11.5. The van der Waals surface area contributed by atoms with E-state index in [0.717, 1.165) is 12.8 Å². The van der Waals surface area contributed by atoms with Gasteiger partial charge in [0.15, 0.2) is 46.5 Å². The number of hydrogen-bond acceptors (Lipinski definition) is 6. The first-order valence-electron chi connectivity index (χ1n) is 11.4. The van der Waals surface area contributed by atoms with E-state index in [4.69, 9.17) is 0 Å². The number of halogens is 10. The molecular weight excluding hydrogens is 754 g/mol. The predicted octanol–water partition coefficient (Wildman–Crippen LogP) is 6.74. The first-order valence-corrected chi connectivity index (χ1v) is 14.2. The van der Waals surface area contributed by atoms with Gasteiger partial charge in [-0.15, -0.1) is 0 Å². The van der Waals surface area contributed by atoms with Gasteiger partial charge >= 0.3 is 26.2 Å². The van der Waals surface area contributed by atoms with Crippen molar-refractivity contribution in [1.29, 1.82) is 0 Å². The van der Waals surface area contributed by atoms with Crippen molar-refractivity contribution in [3.63, 3.8) is 0 Å². The minimum Gasteiger partial charge on any atom is -0.744 e. The van der Waals surface area contributed by atoms with Crippen molar-refractivity contribution >= 4 is 20.2 Å².